The third-order valence-electron chi connectivity index (χ3n) is 4.23. The molecular weight excluding hydrogens is 276 g/mol. The van der Waals surface area contributed by atoms with Gasteiger partial charge in [-0.05, 0) is 55.7 Å². The third-order valence-corrected chi connectivity index (χ3v) is 5.51. The number of hydrogen-bond acceptors (Lipinski definition) is 2. The monoisotopic (exact) mass is 298 g/mol. The lowest BCUT2D eigenvalue weighted by atomic mass is 10.1. The first-order valence-electron chi connectivity index (χ1n) is 8.01. The molecule has 0 amide bonds. The van der Waals surface area contributed by atoms with Gasteiger partial charge in [0.1, 0.15) is 0 Å². The van der Waals surface area contributed by atoms with E-state index in [9.17, 15) is 4.79 Å². The van der Waals surface area contributed by atoms with Crippen molar-refractivity contribution in [2.24, 2.45) is 0 Å². The number of ketones is 1. The maximum atomic E-state index is 12.3. The highest BCUT2D eigenvalue weighted by Gasteiger charge is 2.16. The molecule has 1 aromatic carbocycles. The summed E-state index contributed by atoms with van der Waals surface area (Å²) >= 11 is 1.75. The summed E-state index contributed by atoms with van der Waals surface area (Å²) in [6, 6.07) is 12.6. The Balaban J connectivity index is 1.56. The number of hydrogen-bond donors (Lipinski definition) is 0. The van der Waals surface area contributed by atoms with E-state index in [0.717, 1.165) is 17.7 Å². The molecule has 0 N–H and O–H groups in total. The van der Waals surface area contributed by atoms with E-state index < -0.39 is 0 Å². The minimum absolute atomic E-state index is 0.337. The Kier molecular flexibility index (Phi) is 4.87. The topological polar surface area (TPSA) is 17.1 Å². The first-order chi connectivity index (χ1) is 10.3. The zero-order valence-corrected chi connectivity index (χ0v) is 13.3. The van der Waals surface area contributed by atoms with Crippen LogP contribution in [0.15, 0.2) is 36.4 Å². The summed E-state index contributed by atoms with van der Waals surface area (Å²) in [6.45, 7) is 0. The van der Waals surface area contributed by atoms with E-state index in [2.05, 4.69) is 30.3 Å². The van der Waals surface area contributed by atoms with E-state index >= 15 is 0 Å². The van der Waals surface area contributed by atoms with Gasteiger partial charge in [0.25, 0.3) is 0 Å². The molecule has 110 valence electrons. The van der Waals surface area contributed by atoms with Crippen LogP contribution in [0.25, 0.3) is 0 Å². The van der Waals surface area contributed by atoms with E-state index in [-0.39, 0.29) is 0 Å². The molecule has 1 nitrogen and oxygen atoms in total. The van der Waals surface area contributed by atoms with Gasteiger partial charge in [0.15, 0.2) is 5.78 Å². The zero-order valence-electron chi connectivity index (χ0n) is 12.4. The van der Waals surface area contributed by atoms with Gasteiger partial charge in [0.2, 0.25) is 0 Å². The fraction of sp³-hybridized carbons (Fsp3) is 0.421. The average molecular weight is 298 g/mol. The molecule has 0 saturated heterocycles. The Hall–Kier alpha value is -1.41. The fourth-order valence-electron chi connectivity index (χ4n) is 3.03. The molecule has 2 aromatic rings. The van der Waals surface area contributed by atoms with Crippen LogP contribution in [-0.4, -0.2) is 5.78 Å². The van der Waals surface area contributed by atoms with Crippen LogP contribution >= 0.6 is 11.3 Å². The molecule has 1 heterocycles. The second kappa shape index (κ2) is 7.04. The van der Waals surface area contributed by atoms with Crippen LogP contribution in [0.4, 0.5) is 0 Å². The van der Waals surface area contributed by atoms with Gasteiger partial charge >= 0.3 is 0 Å². The highest BCUT2D eigenvalue weighted by atomic mass is 32.1. The van der Waals surface area contributed by atoms with Gasteiger partial charge in [-0.2, -0.15) is 0 Å². The molecule has 1 aromatic heterocycles. The molecule has 0 atom stereocenters. The van der Waals surface area contributed by atoms with Crippen LogP contribution < -0.4 is 0 Å². The molecule has 0 radical (unpaired) electrons. The molecule has 3 rings (SSSR count). The summed E-state index contributed by atoms with van der Waals surface area (Å²) in [5, 5.41) is 0. The van der Waals surface area contributed by atoms with Crippen LogP contribution in [0.2, 0.25) is 0 Å². The number of fused-ring (bicyclic) bond motifs is 1. The lowest BCUT2D eigenvalue weighted by molar-refractivity contribution is 0.0984. The summed E-state index contributed by atoms with van der Waals surface area (Å²) in [5.74, 6) is 0.337. The average Bonchev–Trinajstić information content (AvgIpc) is 2.79. The molecule has 21 heavy (non-hydrogen) atoms. The molecule has 0 saturated carbocycles. The third kappa shape index (κ3) is 3.82. The van der Waals surface area contributed by atoms with Crippen molar-refractivity contribution >= 4 is 17.1 Å². The van der Waals surface area contributed by atoms with Crippen molar-refractivity contribution in [1.82, 2.24) is 0 Å². The summed E-state index contributed by atoms with van der Waals surface area (Å²) in [6.07, 6.45) is 8.88. The van der Waals surface area contributed by atoms with Crippen LogP contribution in [0.3, 0.4) is 0 Å². The van der Waals surface area contributed by atoms with Gasteiger partial charge < -0.3 is 0 Å². The van der Waals surface area contributed by atoms with Crippen LogP contribution in [0.1, 0.15) is 57.8 Å². The van der Waals surface area contributed by atoms with Gasteiger partial charge in [0, 0.05) is 11.3 Å². The van der Waals surface area contributed by atoms with E-state index in [0.29, 0.717) is 12.2 Å². The van der Waals surface area contributed by atoms with E-state index in [1.165, 1.54) is 48.1 Å². The maximum absolute atomic E-state index is 12.3. The van der Waals surface area contributed by atoms with Crippen LogP contribution in [0.5, 0.6) is 0 Å². The lowest BCUT2D eigenvalue weighted by Gasteiger charge is -2.00. The SMILES string of the molecule is O=C(CCCc1ccccc1)c1cc2c(s1)CCCCC2. The maximum Gasteiger partial charge on any atom is 0.172 e. The molecular formula is C19H22OS. The van der Waals surface area contributed by atoms with Gasteiger partial charge in [-0.3, -0.25) is 4.79 Å². The summed E-state index contributed by atoms with van der Waals surface area (Å²) < 4.78 is 0. The van der Waals surface area contributed by atoms with Crippen molar-refractivity contribution in [1.29, 1.82) is 0 Å². The highest BCUT2D eigenvalue weighted by molar-refractivity contribution is 7.14. The number of carbonyl (C=O) groups excluding carboxylic acids is 1. The quantitative estimate of drug-likeness (QED) is 0.546. The zero-order chi connectivity index (χ0) is 14.5. The predicted octanol–water partition coefficient (Wildman–Crippen LogP) is 5.22. The van der Waals surface area contributed by atoms with Crippen LogP contribution in [0, 0.1) is 0 Å². The molecule has 0 bridgehead atoms. The molecule has 0 spiro atoms. The first-order valence-corrected chi connectivity index (χ1v) is 8.83. The van der Waals surface area contributed by atoms with Crippen LogP contribution in [-0.2, 0) is 19.3 Å². The normalized spacial score (nSPS) is 14.5. The minimum Gasteiger partial charge on any atom is -0.293 e. The number of thiophene rings is 1. The molecule has 1 aliphatic rings. The Morgan fingerprint density at radius 2 is 1.86 bits per heavy atom. The van der Waals surface area contributed by atoms with Crippen molar-refractivity contribution < 1.29 is 4.79 Å². The summed E-state index contributed by atoms with van der Waals surface area (Å²) in [5.41, 5.74) is 2.77. The molecule has 0 aliphatic heterocycles. The number of Topliss-reactive ketones (excluding diaryl/α,β-unsaturated/α-hetero) is 1. The van der Waals surface area contributed by atoms with E-state index in [1.807, 2.05) is 6.07 Å². The van der Waals surface area contributed by atoms with E-state index in [4.69, 9.17) is 0 Å². The summed E-state index contributed by atoms with van der Waals surface area (Å²) in [4.78, 5) is 14.8. The van der Waals surface area contributed by atoms with Crippen molar-refractivity contribution in [3.05, 3.63) is 57.3 Å². The Bertz CT molecular complexity index is 574. The number of rotatable bonds is 5. The Morgan fingerprint density at radius 1 is 1.05 bits per heavy atom. The first kappa shape index (κ1) is 14.5. The van der Waals surface area contributed by atoms with Gasteiger partial charge in [-0.1, -0.05) is 36.8 Å². The second-order valence-corrected chi connectivity index (χ2v) is 7.02. The van der Waals surface area contributed by atoms with Crippen molar-refractivity contribution in [3.8, 4) is 0 Å². The minimum atomic E-state index is 0.337. The number of aryl methyl sites for hydroxylation is 3. The second-order valence-electron chi connectivity index (χ2n) is 5.88. The van der Waals surface area contributed by atoms with Crippen molar-refractivity contribution in [3.63, 3.8) is 0 Å². The molecule has 2 heteroatoms. The predicted molar refractivity (Wildman–Crippen MR) is 89.3 cm³/mol. The van der Waals surface area contributed by atoms with Gasteiger partial charge in [-0.15, -0.1) is 11.3 Å². The Morgan fingerprint density at radius 3 is 2.71 bits per heavy atom. The molecule has 0 unspecified atom stereocenters. The fourth-order valence-corrected chi connectivity index (χ4v) is 4.25. The number of carbonyl (C=O) groups is 1. The van der Waals surface area contributed by atoms with Gasteiger partial charge in [0.05, 0.1) is 4.88 Å². The molecule has 1 aliphatic carbocycles. The van der Waals surface area contributed by atoms with E-state index in [1.54, 1.807) is 11.3 Å². The highest BCUT2D eigenvalue weighted by Crippen LogP contribution is 2.29. The smallest absolute Gasteiger partial charge is 0.172 e. The van der Waals surface area contributed by atoms with Crippen molar-refractivity contribution in [2.45, 2.75) is 51.4 Å². The summed E-state index contributed by atoms with van der Waals surface area (Å²) in [7, 11) is 0. The van der Waals surface area contributed by atoms with Crippen molar-refractivity contribution in [2.75, 3.05) is 0 Å². The lowest BCUT2D eigenvalue weighted by Crippen LogP contribution is -1.97. The van der Waals surface area contributed by atoms with Gasteiger partial charge in [-0.25, -0.2) is 0 Å². The standard InChI is InChI=1S/C19H22OS/c20-17(12-7-10-15-8-3-1-4-9-15)19-14-16-11-5-2-6-13-18(16)21-19/h1,3-4,8-9,14H,2,5-7,10-13H2. The largest absolute Gasteiger partial charge is 0.293 e. The molecule has 0 fully saturated rings. The Labute approximate surface area is 131 Å². The number of benzene rings is 1.